The van der Waals surface area contributed by atoms with Gasteiger partial charge in [-0.05, 0) is 38.0 Å². The third-order valence-electron chi connectivity index (χ3n) is 4.09. The summed E-state index contributed by atoms with van der Waals surface area (Å²) in [5.74, 6) is -0.0312. The number of nitrogens with one attached hydrogen (secondary N) is 1. The fraction of sp³-hybridized carbons (Fsp3) is 0.529. The van der Waals surface area contributed by atoms with Gasteiger partial charge in [-0.15, -0.1) is 0 Å². The molecule has 1 fully saturated rings. The number of rotatable bonds is 6. The minimum absolute atomic E-state index is 0.0581. The summed E-state index contributed by atoms with van der Waals surface area (Å²) in [7, 11) is 0. The van der Waals surface area contributed by atoms with Gasteiger partial charge in [0.25, 0.3) is 5.91 Å². The van der Waals surface area contributed by atoms with Gasteiger partial charge < -0.3 is 20.7 Å². The molecule has 1 heterocycles. The van der Waals surface area contributed by atoms with Gasteiger partial charge in [-0.1, -0.05) is 23.2 Å². The van der Waals surface area contributed by atoms with E-state index in [0.717, 1.165) is 12.8 Å². The lowest BCUT2D eigenvalue weighted by molar-refractivity contribution is -0.141. The summed E-state index contributed by atoms with van der Waals surface area (Å²) in [4.78, 5) is 26.4. The number of nitrogens with zero attached hydrogens (tertiary/aromatic N) is 1. The normalized spacial score (nSPS) is 18.6. The maximum Gasteiger partial charge on any atom is 0.263 e. The second kappa shape index (κ2) is 9.27. The third kappa shape index (κ3) is 5.49. The molecule has 0 bridgehead atoms. The SMILES string of the molecule is CC(Oc1ccc(Cl)cc1Cl)C(=O)N1CCCC(C(=O)NCCN)C1. The summed E-state index contributed by atoms with van der Waals surface area (Å²) in [6.45, 7) is 3.51. The van der Waals surface area contributed by atoms with Crippen LogP contribution in [0.2, 0.25) is 10.0 Å². The van der Waals surface area contributed by atoms with Crippen LogP contribution in [-0.4, -0.2) is 49.0 Å². The molecule has 138 valence electrons. The van der Waals surface area contributed by atoms with Crippen molar-refractivity contribution in [2.75, 3.05) is 26.2 Å². The molecule has 1 aromatic carbocycles. The first-order valence-corrected chi connectivity index (χ1v) is 9.06. The predicted octanol–water partition coefficient (Wildman–Crippen LogP) is 2.07. The van der Waals surface area contributed by atoms with Crippen LogP contribution >= 0.6 is 23.2 Å². The van der Waals surface area contributed by atoms with E-state index in [1.54, 1.807) is 30.0 Å². The van der Waals surface area contributed by atoms with Crippen molar-refractivity contribution in [3.05, 3.63) is 28.2 Å². The Morgan fingerprint density at radius 3 is 2.88 bits per heavy atom. The molecule has 2 amide bonds. The molecule has 6 nitrogen and oxygen atoms in total. The van der Waals surface area contributed by atoms with E-state index in [-0.39, 0.29) is 17.7 Å². The van der Waals surface area contributed by atoms with Gasteiger partial charge in [-0.25, -0.2) is 0 Å². The van der Waals surface area contributed by atoms with Crippen molar-refractivity contribution < 1.29 is 14.3 Å². The number of piperidine rings is 1. The molecule has 0 aliphatic carbocycles. The molecule has 2 rings (SSSR count). The van der Waals surface area contributed by atoms with E-state index in [2.05, 4.69) is 5.32 Å². The Morgan fingerprint density at radius 2 is 2.20 bits per heavy atom. The van der Waals surface area contributed by atoms with Gasteiger partial charge in [0, 0.05) is 31.2 Å². The molecule has 0 aromatic heterocycles. The van der Waals surface area contributed by atoms with Crippen LogP contribution in [0.25, 0.3) is 0 Å². The van der Waals surface area contributed by atoms with Gasteiger partial charge in [0.05, 0.1) is 10.9 Å². The van der Waals surface area contributed by atoms with E-state index in [1.165, 1.54) is 0 Å². The van der Waals surface area contributed by atoms with Crippen LogP contribution in [0.1, 0.15) is 19.8 Å². The van der Waals surface area contributed by atoms with Crippen LogP contribution in [0.3, 0.4) is 0 Å². The standard InChI is InChI=1S/C17H23Cl2N3O3/c1-11(25-15-5-4-13(18)9-14(15)19)17(24)22-8-2-3-12(10-22)16(23)21-7-6-20/h4-5,9,11-12H,2-3,6-8,10,20H2,1H3,(H,21,23). The molecule has 3 N–H and O–H groups in total. The summed E-state index contributed by atoms with van der Waals surface area (Å²) in [6.07, 6.45) is 0.837. The topological polar surface area (TPSA) is 84.7 Å². The summed E-state index contributed by atoms with van der Waals surface area (Å²) < 4.78 is 5.68. The average molecular weight is 388 g/mol. The van der Waals surface area contributed by atoms with Crippen LogP contribution in [0.15, 0.2) is 18.2 Å². The van der Waals surface area contributed by atoms with Crippen molar-refractivity contribution in [2.45, 2.75) is 25.9 Å². The zero-order chi connectivity index (χ0) is 18.4. The van der Waals surface area contributed by atoms with Crippen molar-refractivity contribution in [3.63, 3.8) is 0 Å². The van der Waals surface area contributed by atoms with Crippen molar-refractivity contribution in [1.29, 1.82) is 0 Å². The Morgan fingerprint density at radius 1 is 1.44 bits per heavy atom. The van der Waals surface area contributed by atoms with E-state index < -0.39 is 6.10 Å². The zero-order valence-corrected chi connectivity index (χ0v) is 15.6. The van der Waals surface area contributed by atoms with Crippen LogP contribution < -0.4 is 15.8 Å². The first-order valence-electron chi connectivity index (χ1n) is 8.30. The molecule has 2 atom stereocenters. The highest BCUT2D eigenvalue weighted by molar-refractivity contribution is 6.35. The second-order valence-corrected chi connectivity index (χ2v) is 6.88. The first-order chi connectivity index (χ1) is 11.9. The number of hydrogen-bond donors (Lipinski definition) is 2. The van der Waals surface area contributed by atoms with E-state index >= 15 is 0 Å². The quantitative estimate of drug-likeness (QED) is 0.782. The summed E-state index contributed by atoms with van der Waals surface area (Å²) >= 11 is 11.9. The minimum atomic E-state index is -0.704. The fourth-order valence-corrected chi connectivity index (χ4v) is 3.25. The number of halogens is 2. The fourth-order valence-electron chi connectivity index (χ4n) is 2.80. The highest BCUT2D eigenvalue weighted by Gasteiger charge is 2.31. The van der Waals surface area contributed by atoms with E-state index in [9.17, 15) is 9.59 Å². The predicted molar refractivity (Wildman–Crippen MR) is 97.9 cm³/mol. The number of carbonyl (C=O) groups is 2. The summed E-state index contributed by atoms with van der Waals surface area (Å²) in [6, 6.07) is 4.85. The summed E-state index contributed by atoms with van der Waals surface area (Å²) in [5, 5.41) is 3.63. The lowest BCUT2D eigenvalue weighted by Gasteiger charge is -2.33. The molecule has 1 aliphatic heterocycles. The first kappa shape index (κ1) is 19.8. The van der Waals surface area contributed by atoms with E-state index in [1.807, 2.05) is 0 Å². The highest BCUT2D eigenvalue weighted by atomic mass is 35.5. The number of hydrogen-bond acceptors (Lipinski definition) is 4. The molecule has 2 unspecified atom stereocenters. The van der Waals surface area contributed by atoms with Gasteiger partial charge in [-0.3, -0.25) is 9.59 Å². The molecule has 1 saturated heterocycles. The highest BCUT2D eigenvalue weighted by Crippen LogP contribution is 2.28. The number of ether oxygens (including phenoxy) is 1. The monoisotopic (exact) mass is 387 g/mol. The maximum absolute atomic E-state index is 12.6. The second-order valence-electron chi connectivity index (χ2n) is 6.04. The largest absolute Gasteiger partial charge is 0.479 e. The molecule has 1 aliphatic rings. The van der Waals surface area contributed by atoms with Crippen LogP contribution in [0.4, 0.5) is 0 Å². The molecular formula is C17H23Cl2N3O3. The molecule has 0 radical (unpaired) electrons. The third-order valence-corrected chi connectivity index (χ3v) is 4.62. The van der Waals surface area contributed by atoms with Gasteiger partial charge in [-0.2, -0.15) is 0 Å². The number of carbonyl (C=O) groups excluding carboxylic acids is 2. The Hall–Kier alpha value is -1.50. The number of amides is 2. The molecule has 8 heteroatoms. The van der Waals surface area contributed by atoms with Gasteiger partial charge in [0.1, 0.15) is 5.75 Å². The van der Waals surface area contributed by atoms with Gasteiger partial charge >= 0.3 is 0 Å². The average Bonchev–Trinajstić information content (AvgIpc) is 2.61. The number of benzene rings is 1. The van der Waals surface area contributed by atoms with Crippen molar-refractivity contribution in [3.8, 4) is 5.75 Å². The van der Waals surface area contributed by atoms with Crippen LogP contribution in [0.5, 0.6) is 5.75 Å². The molecular weight excluding hydrogens is 365 g/mol. The lowest BCUT2D eigenvalue weighted by atomic mass is 9.96. The Bertz CT molecular complexity index is 627. The van der Waals surface area contributed by atoms with Gasteiger partial charge in [0.2, 0.25) is 5.91 Å². The number of likely N-dealkylation sites (tertiary alicyclic amines) is 1. The van der Waals surface area contributed by atoms with Crippen molar-refractivity contribution in [2.24, 2.45) is 11.7 Å². The Labute approximate surface area is 157 Å². The zero-order valence-electron chi connectivity index (χ0n) is 14.1. The van der Waals surface area contributed by atoms with Crippen LogP contribution in [0, 0.1) is 5.92 Å². The minimum Gasteiger partial charge on any atom is -0.479 e. The van der Waals surface area contributed by atoms with Crippen molar-refractivity contribution in [1.82, 2.24) is 10.2 Å². The lowest BCUT2D eigenvalue weighted by Crippen LogP contribution is -2.49. The van der Waals surface area contributed by atoms with Gasteiger partial charge in [0.15, 0.2) is 6.10 Å². The molecule has 25 heavy (non-hydrogen) atoms. The molecule has 0 spiro atoms. The molecule has 1 aromatic rings. The Balaban J connectivity index is 1.95. The van der Waals surface area contributed by atoms with E-state index in [0.29, 0.717) is 42.0 Å². The smallest absolute Gasteiger partial charge is 0.263 e. The molecule has 0 saturated carbocycles. The van der Waals surface area contributed by atoms with Crippen LogP contribution in [-0.2, 0) is 9.59 Å². The Kier molecular flexibility index (Phi) is 7.35. The van der Waals surface area contributed by atoms with Crippen molar-refractivity contribution >= 4 is 35.0 Å². The summed E-state index contributed by atoms with van der Waals surface area (Å²) in [5.41, 5.74) is 5.40. The maximum atomic E-state index is 12.6. The van der Waals surface area contributed by atoms with E-state index in [4.69, 9.17) is 33.7 Å². The number of nitrogens with two attached hydrogens (primary N) is 1.